The lowest BCUT2D eigenvalue weighted by Gasteiger charge is -2.35. The summed E-state index contributed by atoms with van der Waals surface area (Å²) >= 11 is 0. The Morgan fingerprint density at radius 1 is 0.632 bits per heavy atom. The van der Waals surface area contributed by atoms with Crippen LogP contribution in [0.15, 0.2) is 115 Å². The second kappa shape index (κ2) is 10.7. The van der Waals surface area contributed by atoms with Gasteiger partial charge in [-0.3, -0.25) is 0 Å². The summed E-state index contributed by atoms with van der Waals surface area (Å²) in [7, 11) is 0. The van der Waals surface area contributed by atoms with Crippen molar-refractivity contribution in [3.8, 4) is 0 Å². The molecule has 4 heteroatoms. The molecule has 0 radical (unpaired) electrons. The van der Waals surface area contributed by atoms with Gasteiger partial charge in [-0.1, -0.05) is 103 Å². The van der Waals surface area contributed by atoms with E-state index in [9.17, 15) is 9.90 Å². The lowest BCUT2D eigenvalue weighted by atomic mass is 9.97. The molecule has 1 heterocycles. The summed E-state index contributed by atoms with van der Waals surface area (Å²) in [6, 6.07) is 39.2. The fraction of sp³-hybridized carbons (Fsp3) is 0.206. The zero-order chi connectivity index (χ0) is 25.9. The standard InChI is InChI=1S/C34H32N2O2/c37-33-18-19-35(23-26-14-16-28-10-4-6-12-30(28)20-26)34(38)36(32(33)22-25-8-2-1-3-9-25)24-27-15-17-29-11-5-7-13-31(29)21-27/h1-17,20-21,32-33,37H,18-19,22-24H2/t32-,33-/m1/s1. The number of carbonyl (C=O) groups excluding carboxylic acids is 1. The van der Waals surface area contributed by atoms with E-state index >= 15 is 0 Å². The second-order valence-corrected chi connectivity index (χ2v) is 10.3. The van der Waals surface area contributed by atoms with Crippen molar-refractivity contribution in [2.24, 2.45) is 0 Å². The van der Waals surface area contributed by atoms with E-state index < -0.39 is 6.10 Å². The maximum absolute atomic E-state index is 14.2. The molecule has 0 saturated carbocycles. The molecule has 1 saturated heterocycles. The summed E-state index contributed by atoms with van der Waals surface area (Å²) in [5.74, 6) is 0. The Kier molecular flexibility index (Phi) is 6.80. The van der Waals surface area contributed by atoms with Crippen molar-refractivity contribution in [3.63, 3.8) is 0 Å². The molecule has 5 aromatic carbocycles. The maximum Gasteiger partial charge on any atom is 0.320 e. The lowest BCUT2D eigenvalue weighted by Crippen LogP contribution is -2.49. The van der Waals surface area contributed by atoms with Crippen LogP contribution in [0.4, 0.5) is 4.79 Å². The van der Waals surface area contributed by atoms with Crippen molar-refractivity contribution in [2.75, 3.05) is 6.54 Å². The van der Waals surface area contributed by atoms with Crippen LogP contribution in [-0.2, 0) is 19.5 Å². The van der Waals surface area contributed by atoms with Gasteiger partial charge < -0.3 is 14.9 Å². The smallest absolute Gasteiger partial charge is 0.320 e. The van der Waals surface area contributed by atoms with Gasteiger partial charge in [0.15, 0.2) is 0 Å². The molecule has 0 unspecified atom stereocenters. The van der Waals surface area contributed by atoms with Crippen molar-refractivity contribution in [1.82, 2.24) is 9.80 Å². The lowest BCUT2D eigenvalue weighted by molar-refractivity contribution is 0.0679. The highest BCUT2D eigenvalue weighted by Gasteiger charge is 2.36. The Labute approximate surface area is 223 Å². The summed E-state index contributed by atoms with van der Waals surface area (Å²) in [6.45, 7) is 1.49. The van der Waals surface area contributed by atoms with Crippen LogP contribution >= 0.6 is 0 Å². The molecule has 4 nitrogen and oxygen atoms in total. The van der Waals surface area contributed by atoms with Crippen molar-refractivity contribution < 1.29 is 9.90 Å². The molecule has 1 aliphatic heterocycles. The van der Waals surface area contributed by atoms with E-state index in [2.05, 4.69) is 72.8 Å². The van der Waals surface area contributed by atoms with Crippen molar-refractivity contribution in [1.29, 1.82) is 0 Å². The average Bonchev–Trinajstić information content (AvgIpc) is 3.06. The molecule has 0 bridgehead atoms. The molecule has 38 heavy (non-hydrogen) atoms. The monoisotopic (exact) mass is 500 g/mol. The summed E-state index contributed by atoms with van der Waals surface area (Å²) < 4.78 is 0. The minimum atomic E-state index is -0.610. The number of urea groups is 1. The molecule has 2 amide bonds. The van der Waals surface area contributed by atoms with Gasteiger partial charge in [0.1, 0.15) is 0 Å². The SMILES string of the molecule is O=C1N(Cc2ccc3ccccc3c2)CC[C@@H](O)[C@@H](Cc2ccccc2)N1Cc1ccc2ccccc2c1. The van der Waals surface area contributed by atoms with Crippen LogP contribution in [0.2, 0.25) is 0 Å². The van der Waals surface area contributed by atoms with Crippen molar-refractivity contribution in [2.45, 2.75) is 38.1 Å². The van der Waals surface area contributed by atoms with Crippen LogP contribution in [0.3, 0.4) is 0 Å². The molecule has 1 fully saturated rings. The van der Waals surface area contributed by atoms with E-state index in [1.807, 2.05) is 52.3 Å². The van der Waals surface area contributed by atoms with Gasteiger partial charge in [0.2, 0.25) is 0 Å². The topological polar surface area (TPSA) is 43.8 Å². The third-order valence-corrected chi connectivity index (χ3v) is 7.70. The van der Waals surface area contributed by atoms with Gasteiger partial charge in [-0.05, 0) is 63.2 Å². The zero-order valence-electron chi connectivity index (χ0n) is 21.4. The summed E-state index contributed by atoms with van der Waals surface area (Å²) in [6.07, 6.45) is 0.553. The minimum absolute atomic E-state index is 0.0243. The van der Waals surface area contributed by atoms with Crippen LogP contribution in [0.1, 0.15) is 23.1 Å². The van der Waals surface area contributed by atoms with Gasteiger partial charge >= 0.3 is 6.03 Å². The molecule has 0 aliphatic carbocycles. The second-order valence-electron chi connectivity index (χ2n) is 10.3. The summed E-state index contributed by atoms with van der Waals surface area (Å²) in [4.78, 5) is 18.0. The minimum Gasteiger partial charge on any atom is -0.391 e. The number of benzene rings is 5. The summed E-state index contributed by atoms with van der Waals surface area (Å²) in [5, 5.41) is 16.0. The number of aliphatic hydroxyl groups is 1. The third-order valence-electron chi connectivity index (χ3n) is 7.70. The van der Waals surface area contributed by atoms with Crippen molar-refractivity contribution >= 4 is 27.6 Å². The van der Waals surface area contributed by atoms with Gasteiger partial charge in [0, 0.05) is 19.6 Å². The quantitative estimate of drug-likeness (QED) is 0.279. The molecule has 1 N–H and O–H groups in total. The number of aliphatic hydroxyl groups excluding tert-OH is 1. The number of rotatable bonds is 6. The predicted molar refractivity (Wildman–Crippen MR) is 154 cm³/mol. The normalized spacial score (nSPS) is 18.2. The van der Waals surface area contributed by atoms with Crippen LogP contribution < -0.4 is 0 Å². The molecule has 6 rings (SSSR count). The Hall–Kier alpha value is -4.15. The van der Waals surface area contributed by atoms with Gasteiger partial charge in [0.05, 0.1) is 12.1 Å². The maximum atomic E-state index is 14.2. The molecular formula is C34H32N2O2. The van der Waals surface area contributed by atoms with E-state index in [0.29, 0.717) is 32.5 Å². The fourth-order valence-corrected chi connectivity index (χ4v) is 5.63. The molecule has 2 atom stereocenters. The predicted octanol–water partition coefficient (Wildman–Crippen LogP) is 6.79. The summed E-state index contributed by atoms with van der Waals surface area (Å²) in [5.41, 5.74) is 3.28. The number of amides is 2. The van der Waals surface area contributed by atoms with E-state index in [1.54, 1.807) is 0 Å². The number of hydrogen-bond donors (Lipinski definition) is 1. The molecular weight excluding hydrogens is 468 g/mol. The van der Waals surface area contributed by atoms with Crippen LogP contribution in [0, 0.1) is 0 Å². The van der Waals surface area contributed by atoms with Gasteiger partial charge in [-0.15, -0.1) is 0 Å². The first-order chi connectivity index (χ1) is 18.6. The highest BCUT2D eigenvalue weighted by atomic mass is 16.3. The van der Waals surface area contributed by atoms with Crippen LogP contribution in [0.25, 0.3) is 21.5 Å². The van der Waals surface area contributed by atoms with E-state index in [1.165, 1.54) is 16.2 Å². The molecule has 5 aromatic rings. The highest BCUT2D eigenvalue weighted by molar-refractivity contribution is 5.84. The molecule has 0 spiro atoms. The fourth-order valence-electron chi connectivity index (χ4n) is 5.63. The van der Waals surface area contributed by atoms with E-state index in [0.717, 1.165) is 22.1 Å². The molecule has 0 aromatic heterocycles. The number of carbonyl (C=O) groups is 1. The number of nitrogens with zero attached hydrogens (tertiary/aromatic N) is 2. The molecule has 1 aliphatic rings. The van der Waals surface area contributed by atoms with E-state index in [-0.39, 0.29) is 12.1 Å². The van der Waals surface area contributed by atoms with Gasteiger partial charge in [0.25, 0.3) is 0 Å². The first kappa shape index (κ1) is 24.2. The number of fused-ring (bicyclic) bond motifs is 2. The highest BCUT2D eigenvalue weighted by Crippen LogP contribution is 2.26. The van der Waals surface area contributed by atoms with Crippen LogP contribution in [0.5, 0.6) is 0 Å². The Bertz CT molecular complexity index is 1570. The average molecular weight is 501 g/mol. The third kappa shape index (κ3) is 5.13. The van der Waals surface area contributed by atoms with Crippen LogP contribution in [-0.4, -0.2) is 39.6 Å². The largest absolute Gasteiger partial charge is 0.391 e. The Morgan fingerprint density at radius 2 is 1.18 bits per heavy atom. The molecule has 190 valence electrons. The zero-order valence-corrected chi connectivity index (χ0v) is 21.4. The van der Waals surface area contributed by atoms with E-state index in [4.69, 9.17) is 0 Å². The Morgan fingerprint density at radius 3 is 1.82 bits per heavy atom. The van der Waals surface area contributed by atoms with Gasteiger partial charge in [-0.2, -0.15) is 0 Å². The Balaban J connectivity index is 1.33. The number of hydrogen-bond acceptors (Lipinski definition) is 2. The first-order valence-corrected chi connectivity index (χ1v) is 13.4. The van der Waals surface area contributed by atoms with Crippen molar-refractivity contribution in [3.05, 3.63) is 132 Å². The van der Waals surface area contributed by atoms with Gasteiger partial charge in [-0.25, -0.2) is 4.79 Å². The first-order valence-electron chi connectivity index (χ1n) is 13.4.